The average Bonchev–Trinajstić information content (AvgIpc) is 3.11. The van der Waals surface area contributed by atoms with Crippen LogP contribution in [0.4, 0.5) is 11.4 Å². The smallest absolute Gasteiger partial charge is 0.226 e. The zero-order valence-electron chi connectivity index (χ0n) is 15.9. The third-order valence-corrected chi connectivity index (χ3v) is 5.56. The summed E-state index contributed by atoms with van der Waals surface area (Å²) in [5, 5.41) is 4.23. The molecule has 0 unspecified atom stereocenters. The maximum absolute atomic E-state index is 12.3. The predicted molar refractivity (Wildman–Crippen MR) is 112 cm³/mol. The first-order valence-corrected chi connectivity index (χ1v) is 9.88. The molecule has 1 aliphatic heterocycles. The zero-order chi connectivity index (χ0) is 18.6. The molecule has 0 radical (unpaired) electrons. The van der Waals surface area contributed by atoms with Crippen molar-refractivity contribution in [3.8, 4) is 0 Å². The van der Waals surface area contributed by atoms with Crippen LogP contribution >= 0.6 is 0 Å². The number of piperidine rings is 1. The summed E-state index contributed by atoms with van der Waals surface area (Å²) in [4.78, 5) is 14.8. The Hall–Kier alpha value is -2.75. The summed E-state index contributed by atoms with van der Waals surface area (Å²) in [5.41, 5.74) is 3.29. The lowest BCUT2D eigenvalue weighted by molar-refractivity contribution is -0.116. The normalized spacial score (nSPS) is 15.2. The number of amides is 1. The molecule has 1 saturated heterocycles. The molecule has 140 valence electrons. The number of aryl methyl sites for hydroxylation is 1. The molecule has 4 rings (SSSR count). The Morgan fingerprint density at radius 1 is 1.04 bits per heavy atom. The predicted octanol–water partition coefficient (Wildman–Crippen LogP) is 4.91. The Labute approximate surface area is 160 Å². The lowest BCUT2D eigenvalue weighted by Gasteiger charge is -2.32. The van der Waals surface area contributed by atoms with E-state index in [9.17, 15) is 4.79 Å². The van der Waals surface area contributed by atoms with Crippen molar-refractivity contribution in [3.05, 3.63) is 60.8 Å². The second-order valence-electron chi connectivity index (χ2n) is 7.58. The number of anilines is 2. The van der Waals surface area contributed by atoms with Gasteiger partial charge < -0.3 is 14.8 Å². The van der Waals surface area contributed by atoms with Gasteiger partial charge in [-0.15, -0.1) is 0 Å². The molecule has 0 atom stereocenters. The van der Waals surface area contributed by atoms with Gasteiger partial charge in [-0.2, -0.15) is 0 Å². The molecule has 3 aromatic rings. The topological polar surface area (TPSA) is 37.3 Å². The van der Waals surface area contributed by atoms with E-state index in [1.165, 1.54) is 29.4 Å². The molecule has 0 saturated carbocycles. The first-order chi connectivity index (χ1) is 13.2. The largest absolute Gasteiger partial charge is 0.372 e. The van der Waals surface area contributed by atoms with Crippen molar-refractivity contribution in [1.29, 1.82) is 0 Å². The standard InChI is InChI=1S/C23H27N3O/c1-18-10-14-25(15-11-18)21-8-6-20(7-9-21)24-23(27)13-17-26-16-12-19-4-2-3-5-22(19)26/h2-9,12,16,18H,10-11,13-15,17H2,1H3,(H,24,27). The molecule has 1 aromatic heterocycles. The minimum Gasteiger partial charge on any atom is -0.372 e. The Morgan fingerprint density at radius 3 is 2.56 bits per heavy atom. The van der Waals surface area contributed by atoms with Crippen molar-refractivity contribution in [3.63, 3.8) is 0 Å². The lowest BCUT2D eigenvalue weighted by atomic mass is 9.99. The fraction of sp³-hybridized carbons (Fsp3) is 0.348. The van der Waals surface area contributed by atoms with Gasteiger partial charge in [0.05, 0.1) is 0 Å². The summed E-state index contributed by atoms with van der Waals surface area (Å²) in [6.07, 6.45) is 5.02. The van der Waals surface area contributed by atoms with Crippen molar-refractivity contribution in [2.75, 3.05) is 23.3 Å². The molecule has 1 amide bonds. The highest BCUT2D eigenvalue weighted by Gasteiger charge is 2.16. The maximum atomic E-state index is 12.3. The number of fused-ring (bicyclic) bond motifs is 1. The molecule has 2 heterocycles. The molecule has 4 nitrogen and oxygen atoms in total. The molecule has 1 aliphatic rings. The molecule has 0 spiro atoms. The minimum atomic E-state index is 0.0485. The van der Waals surface area contributed by atoms with Gasteiger partial charge in [0.2, 0.25) is 5.91 Å². The van der Waals surface area contributed by atoms with Crippen LogP contribution in [-0.2, 0) is 11.3 Å². The summed E-state index contributed by atoms with van der Waals surface area (Å²) in [6, 6.07) is 18.6. The number of carbonyl (C=O) groups is 1. The summed E-state index contributed by atoms with van der Waals surface area (Å²) in [6.45, 7) is 5.26. The van der Waals surface area contributed by atoms with E-state index in [2.05, 4.69) is 52.0 Å². The number of nitrogens with zero attached hydrogens (tertiary/aromatic N) is 2. The Bertz CT molecular complexity index is 905. The van der Waals surface area contributed by atoms with Gasteiger partial charge >= 0.3 is 0 Å². The lowest BCUT2D eigenvalue weighted by Crippen LogP contribution is -2.32. The highest BCUT2D eigenvalue weighted by molar-refractivity contribution is 5.91. The number of rotatable bonds is 5. The van der Waals surface area contributed by atoms with E-state index in [1.807, 2.05) is 30.5 Å². The summed E-state index contributed by atoms with van der Waals surface area (Å²) in [7, 11) is 0. The van der Waals surface area contributed by atoms with Crippen LogP contribution in [0, 0.1) is 5.92 Å². The van der Waals surface area contributed by atoms with Crippen LogP contribution < -0.4 is 10.2 Å². The molecule has 0 aliphatic carbocycles. The molecule has 2 aromatic carbocycles. The van der Waals surface area contributed by atoms with Crippen molar-refractivity contribution in [2.24, 2.45) is 5.92 Å². The summed E-state index contributed by atoms with van der Waals surface area (Å²) < 4.78 is 2.13. The molecule has 1 N–H and O–H groups in total. The second kappa shape index (κ2) is 7.87. The molecule has 27 heavy (non-hydrogen) atoms. The first-order valence-electron chi connectivity index (χ1n) is 9.88. The number of hydrogen-bond acceptors (Lipinski definition) is 2. The number of hydrogen-bond donors (Lipinski definition) is 1. The maximum Gasteiger partial charge on any atom is 0.226 e. The second-order valence-corrected chi connectivity index (χ2v) is 7.58. The van der Waals surface area contributed by atoms with Gasteiger partial charge in [0.1, 0.15) is 0 Å². The summed E-state index contributed by atoms with van der Waals surface area (Å²) >= 11 is 0. The average molecular weight is 361 g/mol. The Balaban J connectivity index is 1.31. The molecular formula is C23H27N3O. The molecule has 1 fully saturated rings. The van der Waals surface area contributed by atoms with Gasteiger partial charge in [0.15, 0.2) is 0 Å². The molecule has 4 heteroatoms. The summed E-state index contributed by atoms with van der Waals surface area (Å²) in [5.74, 6) is 0.879. The number of benzene rings is 2. The highest BCUT2D eigenvalue weighted by Crippen LogP contribution is 2.24. The van der Waals surface area contributed by atoms with Gasteiger partial charge in [0.25, 0.3) is 0 Å². The third-order valence-electron chi connectivity index (χ3n) is 5.56. The van der Waals surface area contributed by atoms with Crippen molar-refractivity contribution in [2.45, 2.75) is 32.7 Å². The SMILES string of the molecule is CC1CCN(c2ccc(NC(=O)CCn3ccc4ccccc43)cc2)CC1. The first kappa shape index (κ1) is 17.7. The van der Waals surface area contributed by atoms with Crippen LogP contribution in [-0.4, -0.2) is 23.6 Å². The number of aromatic nitrogens is 1. The van der Waals surface area contributed by atoms with Crippen molar-refractivity contribution in [1.82, 2.24) is 4.57 Å². The fourth-order valence-electron chi connectivity index (χ4n) is 3.80. The van der Waals surface area contributed by atoms with Gasteiger partial charge in [-0.1, -0.05) is 25.1 Å². The van der Waals surface area contributed by atoms with Crippen molar-refractivity contribution < 1.29 is 4.79 Å². The van der Waals surface area contributed by atoms with Crippen molar-refractivity contribution >= 4 is 28.2 Å². The van der Waals surface area contributed by atoms with Gasteiger partial charge in [0, 0.05) is 49.1 Å². The van der Waals surface area contributed by atoms with Crippen LogP contribution in [0.1, 0.15) is 26.2 Å². The fourth-order valence-corrected chi connectivity index (χ4v) is 3.80. The van der Waals surface area contributed by atoms with E-state index in [0.717, 1.165) is 24.7 Å². The van der Waals surface area contributed by atoms with Gasteiger partial charge in [-0.05, 0) is 60.5 Å². The van der Waals surface area contributed by atoms with Crippen LogP contribution in [0.3, 0.4) is 0 Å². The van der Waals surface area contributed by atoms with Gasteiger partial charge in [-0.25, -0.2) is 0 Å². The van der Waals surface area contributed by atoms with E-state index >= 15 is 0 Å². The Morgan fingerprint density at radius 2 is 1.78 bits per heavy atom. The Kier molecular flexibility index (Phi) is 5.14. The van der Waals surface area contributed by atoms with E-state index in [1.54, 1.807) is 0 Å². The van der Waals surface area contributed by atoms with E-state index in [-0.39, 0.29) is 5.91 Å². The van der Waals surface area contributed by atoms with Crippen LogP contribution in [0.5, 0.6) is 0 Å². The van der Waals surface area contributed by atoms with E-state index < -0.39 is 0 Å². The van der Waals surface area contributed by atoms with E-state index in [0.29, 0.717) is 13.0 Å². The van der Waals surface area contributed by atoms with Crippen LogP contribution in [0.15, 0.2) is 60.8 Å². The van der Waals surface area contributed by atoms with Crippen LogP contribution in [0.2, 0.25) is 0 Å². The van der Waals surface area contributed by atoms with E-state index in [4.69, 9.17) is 0 Å². The highest BCUT2D eigenvalue weighted by atomic mass is 16.1. The number of para-hydroxylation sites is 1. The molecule has 0 bridgehead atoms. The van der Waals surface area contributed by atoms with Crippen LogP contribution in [0.25, 0.3) is 10.9 Å². The quantitative estimate of drug-likeness (QED) is 0.701. The minimum absolute atomic E-state index is 0.0485. The zero-order valence-corrected chi connectivity index (χ0v) is 15.9. The number of nitrogens with one attached hydrogen (secondary N) is 1. The third kappa shape index (κ3) is 4.16. The van der Waals surface area contributed by atoms with Gasteiger partial charge in [-0.3, -0.25) is 4.79 Å². The monoisotopic (exact) mass is 361 g/mol. The number of carbonyl (C=O) groups excluding carboxylic acids is 1. The molecular weight excluding hydrogens is 334 g/mol.